The minimum Gasteiger partial charge on any atom is -0.466 e. The van der Waals surface area contributed by atoms with E-state index in [2.05, 4.69) is 71.9 Å². The van der Waals surface area contributed by atoms with Crippen LogP contribution in [0.1, 0.15) is 59.9 Å². The van der Waals surface area contributed by atoms with Crippen molar-refractivity contribution >= 4 is 11.8 Å². The molecule has 2 atom stereocenters. The Morgan fingerprint density at radius 1 is 0.933 bits per heavy atom. The average molecular weight is 407 g/mol. The summed E-state index contributed by atoms with van der Waals surface area (Å²) in [4.78, 5) is 26.6. The molecular weight excluding hydrogens is 372 g/mol. The van der Waals surface area contributed by atoms with Crippen molar-refractivity contribution in [2.24, 2.45) is 22.2 Å². The molecule has 0 amide bonds. The SMILES string of the molecule is CCOC(=O)[C@@H]1C=C[C@H](c2ccccc2)C12C=C(C(C)(C)C)C(=O)C(C(C)(C)C)=C2. The number of benzene rings is 1. The van der Waals surface area contributed by atoms with Crippen LogP contribution in [0.25, 0.3) is 0 Å². The van der Waals surface area contributed by atoms with E-state index < -0.39 is 11.3 Å². The lowest BCUT2D eigenvalue weighted by Gasteiger charge is -2.42. The summed E-state index contributed by atoms with van der Waals surface area (Å²) >= 11 is 0. The second-order valence-corrected chi connectivity index (χ2v) is 10.4. The summed E-state index contributed by atoms with van der Waals surface area (Å²) < 4.78 is 5.47. The van der Waals surface area contributed by atoms with E-state index in [0.717, 1.165) is 16.7 Å². The predicted molar refractivity (Wildman–Crippen MR) is 121 cm³/mol. The molecule has 0 aliphatic heterocycles. The van der Waals surface area contributed by atoms with Gasteiger partial charge >= 0.3 is 5.97 Å². The normalized spacial score (nSPS) is 23.4. The molecule has 3 heteroatoms. The fraction of sp³-hybridized carbons (Fsp3) is 0.481. The zero-order valence-corrected chi connectivity index (χ0v) is 19.3. The first-order valence-electron chi connectivity index (χ1n) is 10.8. The van der Waals surface area contributed by atoms with Crippen molar-refractivity contribution in [2.45, 2.75) is 54.4 Å². The summed E-state index contributed by atoms with van der Waals surface area (Å²) in [5, 5.41) is 0. The standard InChI is InChI=1S/C27H34O3/c1-8-30-24(29)20-15-14-19(18-12-10-9-11-13-18)27(20)16-21(25(2,3)4)23(28)22(17-27)26(5,6)7/h9-17,19-20H,8H2,1-7H3/t19-,20+/m1/s1. The van der Waals surface area contributed by atoms with E-state index in [-0.39, 0.29) is 28.5 Å². The molecule has 1 spiro atoms. The third-order valence-corrected chi connectivity index (χ3v) is 6.17. The van der Waals surface area contributed by atoms with E-state index in [1.54, 1.807) is 0 Å². The zero-order valence-electron chi connectivity index (χ0n) is 19.3. The Labute approximate surface area is 180 Å². The molecule has 0 bridgehead atoms. The highest BCUT2D eigenvalue weighted by Crippen LogP contribution is 2.57. The van der Waals surface area contributed by atoms with Crippen molar-refractivity contribution in [3.8, 4) is 0 Å². The third-order valence-electron chi connectivity index (χ3n) is 6.17. The number of carbonyl (C=O) groups excluding carboxylic acids is 2. The van der Waals surface area contributed by atoms with Crippen LogP contribution in [0.5, 0.6) is 0 Å². The van der Waals surface area contributed by atoms with Crippen LogP contribution in [0.4, 0.5) is 0 Å². The molecule has 0 saturated heterocycles. The Balaban J connectivity index is 2.31. The Morgan fingerprint density at radius 3 is 1.93 bits per heavy atom. The summed E-state index contributed by atoms with van der Waals surface area (Å²) in [6, 6.07) is 10.2. The third kappa shape index (κ3) is 3.82. The quantitative estimate of drug-likeness (QED) is 0.454. The molecule has 0 unspecified atom stereocenters. The number of hydrogen-bond donors (Lipinski definition) is 0. The van der Waals surface area contributed by atoms with Crippen molar-refractivity contribution in [2.75, 3.05) is 6.61 Å². The first-order chi connectivity index (χ1) is 13.9. The van der Waals surface area contributed by atoms with Crippen LogP contribution < -0.4 is 0 Å². The second kappa shape index (κ2) is 7.68. The number of esters is 1. The first kappa shape index (κ1) is 22.3. The molecule has 1 aromatic rings. The highest BCUT2D eigenvalue weighted by Gasteiger charge is 2.53. The molecule has 0 fully saturated rings. The van der Waals surface area contributed by atoms with Gasteiger partial charge in [0.1, 0.15) is 0 Å². The minimum atomic E-state index is -0.660. The number of ketones is 1. The van der Waals surface area contributed by atoms with Crippen LogP contribution in [-0.2, 0) is 14.3 Å². The molecule has 0 radical (unpaired) electrons. The summed E-state index contributed by atoms with van der Waals surface area (Å²) in [5.41, 5.74) is 1.34. The molecule has 0 heterocycles. The molecule has 0 saturated carbocycles. The van der Waals surface area contributed by atoms with Gasteiger partial charge in [0.25, 0.3) is 0 Å². The van der Waals surface area contributed by atoms with Gasteiger partial charge < -0.3 is 4.74 Å². The molecule has 3 rings (SSSR count). The highest BCUT2D eigenvalue weighted by atomic mass is 16.5. The number of rotatable bonds is 3. The van der Waals surface area contributed by atoms with Gasteiger partial charge in [-0.1, -0.05) is 96.2 Å². The van der Waals surface area contributed by atoms with Crippen molar-refractivity contribution < 1.29 is 14.3 Å². The van der Waals surface area contributed by atoms with Gasteiger partial charge in [-0.15, -0.1) is 0 Å². The van der Waals surface area contributed by atoms with Gasteiger partial charge in [0, 0.05) is 22.5 Å². The van der Waals surface area contributed by atoms with Crippen LogP contribution in [0.2, 0.25) is 0 Å². The second-order valence-electron chi connectivity index (χ2n) is 10.4. The fourth-order valence-corrected chi connectivity index (χ4v) is 4.62. The number of hydrogen-bond acceptors (Lipinski definition) is 3. The smallest absolute Gasteiger partial charge is 0.314 e. The molecule has 160 valence electrons. The summed E-state index contributed by atoms with van der Waals surface area (Å²) in [5.74, 6) is -0.668. The first-order valence-corrected chi connectivity index (χ1v) is 10.8. The van der Waals surface area contributed by atoms with Crippen molar-refractivity contribution in [3.05, 3.63) is 71.3 Å². The Bertz CT molecular complexity index is 883. The van der Waals surface area contributed by atoms with Crippen LogP contribution in [0, 0.1) is 22.2 Å². The lowest BCUT2D eigenvalue weighted by Crippen LogP contribution is -2.41. The molecule has 2 aliphatic rings. The predicted octanol–water partition coefficient (Wildman–Crippen LogP) is 6.03. The van der Waals surface area contributed by atoms with Crippen LogP contribution in [-0.4, -0.2) is 18.4 Å². The molecule has 3 nitrogen and oxygen atoms in total. The number of Topliss-reactive ketones (excluding diaryl/α,β-unsaturated/α-hetero) is 1. The Morgan fingerprint density at radius 2 is 1.47 bits per heavy atom. The van der Waals surface area contributed by atoms with Crippen molar-refractivity contribution in [1.29, 1.82) is 0 Å². The van der Waals surface area contributed by atoms with Gasteiger partial charge in [-0.05, 0) is 23.3 Å². The lowest BCUT2D eigenvalue weighted by atomic mass is 9.59. The van der Waals surface area contributed by atoms with Crippen LogP contribution in [0.3, 0.4) is 0 Å². The molecule has 0 N–H and O–H groups in total. The fourth-order valence-electron chi connectivity index (χ4n) is 4.62. The monoisotopic (exact) mass is 406 g/mol. The van der Waals surface area contributed by atoms with E-state index in [1.165, 1.54) is 0 Å². The number of carbonyl (C=O) groups is 2. The summed E-state index contributed by atoms with van der Waals surface area (Å²) in [6.07, 6.45) is 8.23. The van der Waals surface area contributed by atoms with Gasteiger partial charge in [-0.25, -0.2) is 0 Å². The maximum Gasteiger partial charge on any atom is 0.314 e. The molecule has 0 aromatic heterocycles. The molecule has 2 aliphatic carbocycles. The molecular formula is C27H34O3. The summed E-state index contributed by atoms with van der Waals surface area (Å²) in [6.45, 7) is 14.6. The van der Waals surface area contributed by atoms with Crippen molar-refractivity contribution in [1.82, 2.24) is 0 Å². The van der Waals surface area contributed by atoms with E-state index in [0.29, 0.717) is 6.61 Å². The Kier molecular flexibility index (Phi) is 5.70. The van der Waals surface area contributed by atoms with E-state index in [4.69, 9.17) is 4.74 Å². The van der Waals surface area contributed by atoms with E-state index in [1.807, 2.05) is 31.2 Å². The maximum atomic E-state index is 13.5. The van der Waals surface area contributed by atoms with Crippen LogP contribution >= 0.6 is 0 Å². The molecule has 1 aromatic carbocycles. The highest BCUT2D eigenvalue weighted by molar-refractivity contribution is 6.11. The van der Waals surface area contributed by atoms with Gasteiger partial charge in [0.2, 0.25) is 0 Å². The maximum absolute atomic E-state index is 13.5. The zero-order chi connectivity index (χ0) is 22.3. The van der Waals surface area contributed by atoms with Crippen LogP contribution in [0.15, 0.2) is 65.8 Å². The summed E-state index contributed by atoms with van der Waals surface area (Å²) in [7, 11) is 0. The Hall–Kier alpha value is -2.42. The number of allylic oxidation sites excluding steroid dienone is 5. The minimum absolute atomic E-state index is 0.0455. The van der Waals surface area contributed by atoms with Gasteiger partial charge in [0.15, 0.2) is 5.78 Å². The largest absolute Gasteiger partial charge is 0.466 e. The average Bonchev–Trinajstić information content (AvgIpc) is 3.01. The van der Waals surface area contributed by atoms with Crippen molar-refractivity contribution in [3.63, 3.8) is 0 Å². The number of ether oxygens (including phenoxy) is 1. The van der Waals surface area contributed by atoms with Gasteiger partial charge in [0.05, 0.1) is 12.5 Å². The van der Waals surface area contributed by atoms with Gasteiger partial charge in [-0.2, -0.15) is 0 Å². The topological polar surface area (TPSA) is 43.4 Å². The van der Waals surface area contributed by atoms with E-state index >= 15 is 0 Å². The molecule has 30 heavy (non-hydrogen) atoms. The van der Waals surface area contributed by atoms with Gasteiger partial charge in [-0.3, -0.25) is 9.59 Å². The lowest BCUT2D eigenvalue weighted by molar-refractivity contribution is -0.148. The van der Waals surface area contributed by atoms with E-state index in [9.17, 15) is 9.59 Å².